The number of rotatable bonds is 4. The Morgan fingerprint density at radius 1 is 1.04 bits per heavy atom. The predicted molar refractivity (Wildman–Crippen MR) is 86.6 cm³/mol. The molecule has 8 heteroatoms. The molecule has 3 rings (SSSR count). The zero-order chi connectivity index (χ0) is 17.2. The minimum Gasteiger partial charge on any atom is -0.354 e. The van der Waals surface area contributed by atoms with E-state index in [1.54, 1.807) is 12.4 Å². The predicted octanol–water partition coefficient (Wildman–Crippen LogP) is 4.79. The minimum atomic E-state index is -4.47. The van der Waals surface area contributed by atoms with Crippen LogP contribution in [0.15, 0.2) is 48.8 Å². The van der Waals surface area contributed by atoms with E-state index in [1.165, 1.54) is 0 Å². The largest absolute Gasteiger partial charge is 0.445 e. The highest BCUT2D eigenvalue weighted by Crippen LogP contribution is 2.34. The van der Waals surface area contributed by atoms with E-state index < -0.39 is 11.2 Å². The van der Waals surface area contributed by atoms with Gasteiger partial charge in [0.25, 0.3) is 0 Å². The Bertz CT molecular complexity index is 800. The molecule has 24 heavy (non-hydrogen) atoms. The fraction of sp³-hybridized carbons (Fsp3) is 0.188. The molecule has 0 amide bonds. The van der Waals surface area contributed by atoms with Crippen LogP contribution in [-0.4, -0.2) is 15.2 Å². The maximum absolute atomic E-state index is 12.5. The van der Waals surface area contributed by atoms with Gasteiger partial charge >= 0.3 is 6.18 Å². The Labute approximate surface area is 140 Å². The molecule has 0 aliphatic heterocycles. The van der Waals surface area contributed by atoms with Gasteiger partial charge in [-0.25, -0.2) is 0 Å². The van der Waals surface area contributed by atoms with E-state index in [1.807, 2.05) is 43.3 Å². The lowest BCUT2D eigenvalue weighted by Crippen LogP contribution is -2.06. The zero-order valence-corrected chi connectivity index (χ0v) is 13.4. The van der Waals surface area contributed by atoms with E-state index in [0.717, 1.165) is 16.7 Å². The van der Waals surface area contributed by atoms with Crippen LogP contribution in [0, 0.1) is 0 Å². The second-order valence-electron chi connectivity index (χ2n) is 5.14. The molecule has 124 valence electrons. The quantitative estimate of drug-likeness (QED) is 0.735. The van der Waals surface area contributed by atoms with Crippen LogP contribution in [-0.2, 0) is 6.18 Å². The molecule has 0 aliphatic carbocycles. The van der Waals surface area contributed by atoms with Gasteiger partial charge in [-0.2, -0.15) is 13.2 Å². The lowest BCUT2D eigenvalue weighted by Gasteiger charge is -2.13. The highest BCUT2D eigenvalue weighted by Gasteiger charge is 2.35. The van der Waals surface area contributed by atoms with E-state index in [0.29, 0.717) is 11.3 Å². The van der Waals surface area contributed by atoms with Crippen molar-refractivity contribution in [3.05, 3.63) is 59.4 Å². The van der Waals surface area contributed by atoms with Crippen LogP contribution in [0.2, 0.25) is 0 Å². The van der Waals surface area contributed by atoms with Crippen molar-refractivity contribution in [3.8, 4) is 11.1 Å². The number of nitrogens with one attached hydrogen (secondary N) is 1. The van der Waals surface area contributed by atoms with Crippen LogP contribution < -0.4 is 5.32 Å². The third-order valence-corrected chi connectivity index (χ3v) is 4.31. The summed E-state index contributed by atoms with van der Waals surface area (Å²) in [6.45, 7) is 1.85. The number of hydrogen-bond acceptors (Lipinski definition) is 5. The molecule has 0 bridgehead atoms. The Balaban J connectivity index is 1.71. The number of hydrogen-bond donors (Lipinski definition) is 1. The molecule has 0 aliphatic rings. The van der Waals surface area contributed by atoms with Crippen molar-refractivity contribution in [2.24, 2.45) is 0 Å². The third kappa shape index (κ3) is 3.70. The molecule has 4 nitrogen and oxygen atoms in total. The van der Waals surface area contributed by atoms with Gasteiger partial charge in [-0.1, -0.05) is 41.7 Å². The van der Waals surface area contributed by atoms with Crippen molar-refractivity contribution >= 4 is 16.5 Å². The molecule has 0 fully saturated rings. The number of pyridine rings is 1. The van der Waals surface area contributed by atoms with Crippen LogP contribution in [0.25, 0.3) is 11.1 Å². The van der Waals surface area contributed by atoms with Gasteiger partial charge in [0.2, 0.25) is 10.1 Å². The maximum atomic E-state index is 12.5. The highest BCUT2D eigenvalue weighted by atomic mass is 32.1. The van der Waals surface area contributed by atoms with Crippen LogP contribution in [0.3, 0.4) is 0 Å². The first-order valence-electron chi connectivity index (χ1n) is 7.11. The maximum Gasteiger partial charge on any atom is 0.445 e. The molecule has 1 N–H and O–H groups in total. The van der Waals surface area contributed by atoms with Crippen molar-refractivity contribution in [2.45, 2.75) is 19.1 Å². The SMILES string of the molecule is CC(Nc1nnc(C(F)(F)F)s1)c1ccc(-c2cccnc2)cc1. The molecule has 1 unspecified atom stereocenters. The van der Waals surface area contributed by atoms with Gasteiger partial charge in [0.15, 0.2) is 0 Å². The normalized spacial score (nSPS) is 12.8. The molecular formula is C16H13F3N4S. The fourth-order valence-corrected chi connectivity index (χ4v) is 2.86. The molecule has 0 saturated heterocycles. The fourth-order valence-electron chi connectivity index (χ4n) is 2.16. The summed E-state index contributed by atoms with van der Waals surface area (Å²) in [5, 5.41) is 8.84. The summed E-state index contributed by atoms with van der Waals surface area (Å²) in [5.74, 6) is 0. The van der Waals surface area contributed by atoms with Crippen LogP contribution >= 0.6 is 11.3 Å². The number of benzene rings is 1. The number of aromatic nitrogens is 3. The van der Waals surface area contributed by atoms with Gasteiger partial charge in [0.1, 0.15) is 0 Å². The van der Waals surface area contributed by atoms with Gasteiger partial charge in [-0.3, -0.25) is 4.98 Å². The molecule has 2 aromatic heterocycles. The molecule has 0 radical (unpaired) electrons. The molecule has 0 spiro atoms. The Morgan fingerprint density at radius 2 is 1.79 bits per heavy atom. The summed E-state index contributed by atoms with van der Waals surface area (Å²) in [7, 11) is 0. The van der Waals surface area contributed by atoms with Gasteiger partial charge in [0.05, 0.1) is 6.04 Å². The smallest absolute Gasteiger partial charge is 0.354 e. The first kappa shape index (κ1) is 16.4. The number of anilines is 1. The van der Waals surface area contributed by atoms with E-state index in [4.69, 9.17) is 0 Å². The summed E-state index contributed by atoms with van der Waals surface area (Å²) in [5.41, 5.74) is 2.96. The topological polar surface area (TPSA) is 50.7 Å². The number of nitrogens with zero attached hydrogens (tertiary/aromatic N) is 3. The van der Waals surface area contributed by atoms with E-state index in [-0.39, 0.29) is 11.2 Å². The molecule has 1 aromatic carbocycles. The van der Waals surface area contributed by atoms with Gasteiger partial charge in [-0.05, 0) is 29.7 Å². The first-order valence-corrected chi connectivity index (χ1v) is 7.93. The summed E-state index contributed by atoms with van der Waals surface area (Å²) in [6, 6.07) is 11.4. The monoisotopic (exact) mass is 350 g/mol. The lowest BCUT2D eigenvalue weighted by molar-refractivity contribution is -0.138. The Morgan fingerprint density at radius 3 is 2.38 bits per heavy atom. The minimum absolute atomic E-state index is 0.145. The third-order valence-electron chi connectivity index (χ3n) is 3.41. The van der Waals surface area contributed by atoms with Gasteiger partial charge in [-0.15, -0.1) is 10.2 Å². The van der Waals surface area contributed by atoms with Crippen LogP contribution in [0.1, 0.15) is 23.5 Å². The number of alkyl halides is 3. The average molecular weight is 350 g/mol. The second-order valence-corrected chi connectivity index (χ2v) is 6.12. The molecule has 0 saturated carbocycles. The van der Waals surface area contributed by atoms with Crippen molar-refractivity contribution in [2.75, 3.05) is 5.32 Å². The summed E-state index contributed by atoms with van der Waals surface area (Å²) < 4.78 is 37.6. The second kappa shape index (κ2) is 6.56. The number of halogens is 3. The first-order chi connectivity index (χ1) is 11.4. The molecule has 2 heterocycles. The van der Waals surface area contributed by atoms with Crippen LogP contribution in [0.4, 0.5) is 18.3 Å². The average Bonchev–Trinajstić information content (AvgIpc) is 3.05. The van der Waals surface area contributed by atoms with Crippen LogP contribution in [0.5, 0.6) is 0 Å². The van der Waals surface area contributed by atoms with Crippen molar-refractivity contribution < 1.29 is 13.2 Å². The highest BCUT2D eigenvalue weighted by molar-refractivity contribution is 7.15. The molecular weight excluding hydrogens is 337 g/mol. The summed E-state index contributed by atoms with van der Waals surface area (Å²) >= 11 is 0.496. The van der Waals surface area contributed by atoms with E-state index in [9.17, 15) is 13.2 Å². The van der Waals surface area contributed by atoms with Crippen molar-refractivity contribution in [1.82, 2.24) is 15.2 Å². The van der Waals surface area contributed by atoms with E-state index >= 15 is 0 Å². The summed E-state index contributed by atoms with van der Waals surface area (Å²) in [6.07, 6.45) is -0.982. The van der Waals surface area contributed by atoms with Gasteiger partial charge < -0.3 is 5.32 Å². The van der Waals surface area contributed by atoms with Gasteiger partial charge in [0, 0.05) is 12.4 Å². The zero-order valence-electron chi connectivity index (χ0n) is 12.6. The summed E-state index contributed by atoms with van der Waals surface area (Å²) in [4.78, 5) is 4.08. The Hall–Kier alpha value is -2.48. The van der Waals surface area contributed by atoms with E-state index in [2.05, 4.69) is 20.5 Å². The molecule has 3 aromatic rings. The Kier molecular flexibility index (Phi) is 4.48. The molecule has 1 atom stereocenters. The standard InChI is InChI=1S/C16H13F3N4S/c1-10(21-15-23-22-14(24-15)16(17,18)19)11-4-6-12(7-5-11)13-3-2-8-20-9-13/h2-10H,1H3,(H,21,23). The van der Waals surface area contributed by atoms with Crippen molar-refractivity contribution in [3.63, 3.8) is 0 Å². The lowest BCUT2D eigenvalue weighted by atomic mass is 10.0. The van der Waals surface area contributed by atoms with Crippen molar-refractivity contribution in [1.29, 1.82) is 0 Å².